The van der Waals surface area contributed by atoms with Gasteiger partial charge in [-0.15, -0.1) is 0 Å². The highest BCUT2D eigenvalue weighted by Gasteiger charge is 2.38. The number of amides is 2. The van der Waals surface area contributed by atoms with Crippen LogP contribution in [-0.2, 0) is 22.5 Å². The van der Waals surface area contributed by atoms with Crippen LogP contribution in [0.5, 0.6) is 5.75 Å². The van der Waals surface area contributed by atoms with Gasteiger partial charge in [-0.25, -0.2) is 4.79 Å². The lowest BCUT2D eigenvalue weighted by Gasteiger charge is -2.17. The highest BCUT2D eigenvalue weighted by Crippen LogP contribution is 2.26. The molecule has 6 nitrogen and oxygen atoms in total. The topological polar surface area (TPSA) is 72.9 Å². The molecule has 0 saturated heterocycles. The van der Waals surface area contributed by atoms with Crippen molar-refractivity contribution < 1.29 is 24.0 Å². The Morgan fingerprint density at radius 3 is 2.32 bits per heavy atom. The second kappa shape index (κ2) is 7.84. The van der Waals surface area contributed by atoms with Crippen molar-refractivity contribution in [1.82, 2.24) is 5.06 Å². The quantitative estimate of drug-likeness (QED) is 0.568. The summed E-state index contributed by atoms with van der Waals surface area (Å²) in [7, 11) is 0. The van der Waals surface area contributed by atoms with Gasteiger partial charge in [-0.05, 0) is 67.5 Å². The molecule has 28 heavy (non-hydrogen) atoms. The van der Waals surface area contributed by atoms with Gasteiger partial charge in [-0.3, -0.25) is 9.59 Å². The molecule has 0 bridgehead atoms. The van der Waals surface area contributed by atoms with Crippen molar-refractivity contribution in [2.45, 2.75) is 38.5 Å². The van der Waals surface area contributed by atoms with Crippen LogP contribution in [-0.4, -0.2) is 29.5 Å². The summed E-state index contributed by atoms with van der Waals surface area (Å²) in [5.74, 6) is -1.06. The van der Waals surface area contributed by atoms with Crippen LogP contribution in [0.15, 0.2) is 42.5 Å². The van der Waals surface area contributed by atoms with Crippen molar-refractivity contribution in [1.29, 1.82) is 0 Å². The van der Waals surface area contributed by atoms with Crippen molar-refractivity contribution in [2.75, 3.05) is 6.61 Å². The van der Waals surface area contributed by atoms with E-state index in [2.05, 4.69) is 12.1 Å². The van der Waals surface area contributed by atoms with Gasteiger partial charge >= 0.3 is 5.97 Å². The summed E-state index contributed by atoms with van der Waals surface area (Å²) in [6.45, 7) is 0.357. The average Bonchev–Trinajstić information content (AvgIpc) is 2.96. The number of aryl methyl sites for hydroxylation is 2. The normalized spacial score (nSPS) is 15.2. The zero-order valence-electron chi connectivity index (χ0n) is 15.5. The Morgan fingerprint density at radius 1 is 0.929 bits per heavy atom. The maximum Gasteiger partial charge on any atom is 0.333 e. The second-order valence-corrected chi connectivity index (χ2v) is 7.00. The average molecular weight is 379 g/mol. The van der Waals surface area contributed by atoms with Crippen LogP contribution in [0.25, 0.3) is 0 Å². The van der Waals surface area contributed by atoms with Gasteiger partial charge in [0, 0.05) is 0 Å². The maximum absolute atomic E-state index is 12.2. The largest absolute Gasteiger partial charge is 0.494 e. The SMILES string of the molecule is O=C(CCCOc1ccc2c(c1)CCCC2)ON1C(=O)c2ccccc2C1=O. The van der Waals surface area contributed by atoms with E-state index in [1.54, 1.807) is 12.1 Å². The van der Waals surface area contributed by atoms with E-state index < -0.39 is 17.8 Å². The van der Waals surface area contributed by atoms with Crippen LogP contribution in [0, 0.1) is 0 Å². The van der Waals surface area contributed by atoms with E-state index in [0.29, 0.717) is 18.1 Å². The third kappa shape index (κ3) is 3.63. The molecule has 0 unspecified atom stereocenters. The molecule has 0 radical (unpaired) electrons. The monoisotopic (exact) mass is 379 g/mol. The molecule has 2 amide bonds. The molecule has 0 N–H and O–H groups in total. The molecule has 2 aromatic carbocycles. The lowest BCUT2D eigenvalue weighted by atomic mass is 9.92. The molecule has 2 aliphatic rings. The van der Waals surface area contributed by atoms with Crippen LogP contribution < -0.4 is 4.74 Å². The molecule has 144 valence electrons. The lowest BCUT2D eigenvalue weighted by molar-refractivity contribution is -0.168. The molecule has 0 spiro atoms. The molecule has 0 saturated carbocycles. The van der Waals surface area contributed by atoms with E-state index >= 15 is 0 Å². The molecule has 4 rings (SSSR count). The fraction of sp³-hybridized carbons (Fsp3) is 0.318. The lowest BCUT2D eigenvalue weighted by Crippen LogP contribution is -2.32. The Labute approximate surface area is 163 Å². The van der Waals surface area contributed by atoms with Gasteiger partial charge in [0.15, 0.2) is 0 Å². The van der Waals surface area contributed by atoms with Crippen LogP contribution in [0.2, 0.25) is 0 Å². The Kier molecular flexibility index (Phi) is 5.10. The minimum atomic E-state index is -0.636. The fourth-order valence-electron chi connectivity index (χ4n) is 3.60. The molecular formula is C22H21NO5. The zero-order valence-corrected chi connectivity index (χ0v) is 15.5. The van der Waals surface area contributed by atoms with E-state index in [0.717, 1.165) is 18.6 Å². The molecule has 0 fully saturated rings. The van der Waals surface area contributed by atoms with Crippen molar-refractivity contribution in [3.63, 3.8) is 0 Å². The highest BCUT2D eigenvalue weighted by atomic mass is 16.7. The maximum atomic E-state index is 12.2. The number of benzene rings is 2. The van der Waals surface area contributed by atoms with Crippen LogP contribution >= 0.6 is 0 Å². The number of hydrogen-bond donors (Lipinski definition) is 0. The molecule has 1 heterocycles. The Morgan fingerprint density at radius 2 is 1.61 bits per heavy atom. The summed E-state index contributed by atoms with van der Waals surface area (Å²) < 4.78 is 5.73. The first-order chi connectivity index (χ1) is 13.6. The first-order valence-electron chi connectivity index (χ1n) is 9.57. The molecule has 1 aliphatic carbocycles. The van der Waals surface area contributed by atoms with Gasteiger partial charge < -0.3 is 9.57 Å². The number of carbonyl (C=O) groups is 3. The van der Waals surface area contributed by atoms with E-state index in [1.165, 1.54) is 36.1 Å². The molecule has 6 heteroatoms. The number of hydrogen-bond acceptors (Lipinski definition) is 5. The summed E-state index contributed by atoms with van der Waals surface area (Å²) in [5.41, 5.74) is 3.23. The summed E-state index contributed by atoms with van der Waals surface area (Å²) in [6, 6.07) is 12.5. The van der Waals surface area contributed by atoms with Gasteiger partial charge in [-0.1, -0.05) is 23.3 Å². The van der Waals surface area contributed by atoms with Crippen molar-refractivity contribution >= 4 is 17.8 Å². The van der Waals surface area contributed by atoms with E-state index in [9.17, 15) is 14.4 Å². The van der Waals surface area contributed by atoms with Crippen LogP contribution in [0.3, 0.4) is 0 Å². The minimum absolute atomic E-state index is 0.0539. The Balaban J connectivity index is 1.24. The summed E-state index contributed by atoms with van der Waals surface area (Å²) in [6.07, 6.45) is 5.14. The van der Waals surface area contributed by atoms with Gasteiger partial charge in [0.1, 0.15) is 5.75 Å². The smallest absolute Gasteiger partial charge is 0.333 e. The molecule has 0 atom stereocenters. The van der Waals surface area contributed by atoms with Crippen LogP contribution in [0.4, 0.5) is 0 Å². The molecular weight excluding hydrogens is 358 g/mol. The summed E-state index contributed by atoms with van der Waals surface area (Å²) in [5, 5.41) is 0.539. The van der Waals surface area contributed by atoms with E-state index in [-0.39, 0.29) is 17.5 Å². The third-order valence-corrected chi connectivity index (χ3v) is 5.06. The van der Waals surface area contributed by atoms with E-state index in [4.69, 9.17) is 9.57 Å². The number of ether oxygens (including phenoxy) is 1. The number of imide groups is 1. The highest BCUT2D eigenvalue weighted by molar-refractivity contribution is 6.20. The Bertz CT molecular complexity index is 901. The number of hydroxylamine groups is 2. The van der Waals surface area contributed by atoms with Crippen molar-refractivity contribution in [3.8, 4) is 5.75 Å². The zero-order chi connectivity index (χ0) is 19.5. The summed E-state index contributed by atoms with van der Waals surface area (Å²) in [4.78, 5) is 41.4. The van der Waals surface area contributed by atoms with Crippen LogP contribution in [0.1, 0.15) is 57.5 Å². The van der Waals surface area contributed by atoms with Gasteiger partial charge in [0.2, 0.25) is 0 Å². The minimum Gasteiger partial charge on any atom is -0.494 e. The van der Waals surface area contributed by atoms with E-state index in [1.807, 2.05) is 6.07 Å². The Hall–Kier alpha value is -3.15. The first kappa shape index (κ1) is 18.2. The van der Waals surface area contributed by atoms with Crippen molar-refractivity contribution in [3.05, 3.63) is 64.7 Å². The number of nitrogens with zero attached hydrogens (tertiary/aromatic N) is 1. The van der Waals surface area contributed by atoms with Gasteiger partial charge in [-0.2, -0.15) is 0 Å². The number of fused-ring (bicyclic) bond motifs is 2. The molecule has 2 aromatic rings. The predicted octanol–water partition coefficient (Wildman–Crippen LogP) is 3.48. The van der Waals surface area contributed by atoms with Crippen molar-refractivity contribution in [2.24, 2.45) is 0 Å². The number of carbonyl (C=O) groups excluding carboxylic acids is 3. The molecule has 1 aliphatic heterocycles. The second-order valence-electron chi connectivity index (χ2n) is 7.00. The van der Waals surface area contributed by atoms with Gasteiger partial charge in [0.25, 0.3) is 11.8 Å². The molecule has 0 aromatic heterocycles. The number of rotatable bonds is 6. The fourth-order valence-corrected chi connectivity index (χ4v) is 3.60. The standard InChI is InChI=1S/C22H21NO5/c24-20(28-23-21(25)18-8-3-4-9-19(18)22(23)26)10-5-13-27-17-12-11-15-6-1-2-7-16(15)14-17/h3-4,8-9,11-12,14H,1-2,5-7,10,13H2. The summed E-state index contributed by atoms with van der Waals surface area (Å²) >= 11 is 0. The predicted molar refractivity (Wildman–Crippen MR) is 101 cm³/mol. The van der Waals surface area contributed by atoms with Gasteiger partial charge in [0.05, 0.1) is 24.2 Å². The first-order valence-corrected chi connectivity index (χ1v) is 9.57. The third-order valence-electron chi connectivity index (χ3n) is 5.06.